The van der Waals surface area contributed by atoms with Gasteiger partial charge in [0.2, 0.25) is 0 Å². The highest BCUT2D eigenvalue weighted by Gasteiger charge is 2.40. The van der Waals surface area contributed by atoms with E-state index in [1.54, 1.807) is 38.5 Å². The molecule has 2 aromatic carbocycles. The van der Waals surface area contributed by atoms with Crippen LogP contribution in [-0.4, -0.2) is 30.9 Å². The Morgan fingerprint density at radius 3 is 2.08 bits per heavy atom. The standard InChI is InChI=1S/C21H23NO4/c1-4-5-10-17(14-11-12-18(25-2)19(13-14)26-3)22-20(23)15-8-6-7-9-16(15)21(22)24/h6-9,11-13,17H,4-5,10H2,1-3H3. The minimum Gasteiger partial charge on any atom is -0.493 e. The van der Waals surface area contributed by atoms with Gasteiger partial charge in [-0.2, -0.15) is 0 Å². The molecule has 0 radical (unpaired) electrons. The van der Waals surface area contributed by atoms with E-state index in [0.29, 0.717) is 29.0 Å². The first-order valence-corrected chi connectivity index (χ1v) is 8.81. The number of carbonyl (C=O) groups excluding carboxylic acids is 2. The van der Waals surface area contributed by atoms with Crippen LogP contribution in [0.1, 0.15) is 58.5 Å². The van der Waals surface area contributed by atoms with Gasteiger partial charge in [0, 0.05) is 0 Å². The number of hydrogen-bond acceptors (Lipinski definition) is 4. The SMILES string of the molecule is CCCCC(c1ccc(OC)c(OC)c1)N1C(=O)c2ccccc2C1=O. The van der Waals surface area contributed by atoms with E-state index < -0.39 is 0 Å². The Hall–Kier alpha value is -2.82. The van der Waals surface area contributed by atoms with Gasteiger partial charge >= 0.3 is 0 Å². The van der Waals surface area contributed by atoms with Crippen LogP contribution in [0.2, 0.25) is 0 Å². The van der Waals surface area contributed by atoms with Gasteiger partial charge < -0.3 is 9.47 Å². The number of nitrogens with zero attached hydrogens (tertiary/aromatic N) is 1. The van der Waals surface area contributed by atoms with Gasteiger partial charge in [0.1, 0.15) is 0 Å². The van der Waals surface area contributed by atoms with Gasteiger partial charge in [-0.15, -0.1) is 0 Å². The molecule has 0 aliphatic carbocycles. The molecule has 5 heteroatoms. The smallest absolute Gasteiger partial charge is 0.262 e. The Labute approximate surface area is 153 Å². The molecule has 0 saturated carbocycles. The Kier molecular flexibility index (Phi) is 5.26. The van der Waals surface area contributed by atoms with Gasteiger partial charge in [0.15, 0.2) is 11.5 Å². The summed E-state index contributed by atoms with van der Waals surface area (Å²) < 4.78 is 10.7. The number of benzene rings is 2. The van der Waals surface area contributed by atoms with Gasteiger partial charge in [-0.1, -0.05) is 38.0 Å². The summed E-state index contributed by atoms with van der Waals surface area (Å²) in [6.45, 7) is 2.09. The van der Waals surface area contributed by atoms with Crippen LogP contribution in [0.5, 0.6) is 11.5 Å². The summed E-state index contributed by atoms with van der Waals surface area (Å²) in [5.74, 6) is 0.735. The summed E-state index contributed by atoms with van der Waals surface area (Å²) in [4.78, 5) is 27.2. The third-order valence-corrected chi connectivity index (χ3v) is 4.76. The third-order valence-electron chi connectivity index (χ3n) is 4.76. The summed E-state index contributed by atoms with van der Waals surface area (Å²) in [6, 6.07) is 12.2. The molecule has 0 spiro atoms. The average molecular weight is 353 g/mol. The van der Waals surface area contributed by atoms with E-state index >= 15 is 0 Å². The first kappa shape index (κ1) is 18.0. The molecule has 5 nitrogen and oxygen atoms in total. The first-order chi connectivity index (χ1) is 12.6. The summed E-state index contributed by atoms with van der Waals surface area (Å²) >= 11 is 0. The fourth-order valence-corrected chi connectivity index (χ4v) is 3.39. The molecular formula is C21H23NO4. The molecule has 0 saturated heterocycles. The molecule has 2 amide bonds. The monoisotopic (exact) mass is 353 g/mol. The van der Waals surface area contributed by atoms with Crippen LogP contribution in [0.25, 0.3) is 0 Å². The third kappa shape index (κ3) is 3.05. The molecule has 1 atom stereocenters. The topological polar surface area (TPSA) is 55.8 Å². The van der Waals surface area contributed by atoms with Gasteiger partial charge in [-0.3, -0.25) is 14.5 Å². The molecule has 1 aliphatic heterocycles. The van der Waals surface area contributed by atoms with Crippen LogP contribution in [0.15, 0.2) is 42.5 Å². The first-order valence-electron chi connectivity index (χ1n) is 8.81. The van der Waals surface area contributed by atoms with E-state index in [9.17, 15) is 9.59 Å². The lowest BCUT2D eigenvalue weighted by molar-refractivity contribution is 0.0571. The molecule has 0 N–H and O–H groups in total. The van der Waals surface area contributed by atoms with Crippen LogP contribution in [-0.2, 0) is 0 Å². The van der Waals surface area contributed by atoms with Crippen molar-refractivity contribution >= 4 is 11.8 Å². The Morgan fingerprint density at radius 1 is 0.923 bits per heavy atom. The lowest BCUT2D eigenvalue weighted by Gasteiger charge is -2.27. The highest BCUT2D eigenvalue weighted by molar-refractivity contribution is 6.21. The predicted octanol–water partition coefficient (Wildman–Crippen LogP) is 4.23. The molecule has 1 aliphatic rings. The van der Waals surface area contributed by atoms with Crippen molar-refractivity contribution in [3.05, 3.63) is 59.2 Å². The number of rotatable bonds is 7. The van der Waals surface area contributed by atoms with Crippen LogP contribution in [0.3, 0.4) is 0 Å². The van der Waals surface area contributed by atoms with E-state index in [1.165, 1.54) is 4.90 Å². The second-order valence-corrected chi connectivity index (χ2v) is 6.30. The van der Waals surface area contributed by atoms with Gasteiger partial charge in [-0.25, -0.2) is 0 Å². The number of amides is 2. The molecule has 3 rings (SSSR count). The van der Waals surface area contributed by atoms with Crippen molar-refractivity contribution in [1.29, 1.82) is 0 Å². The van der Waals surface area contributed by atoms with Gasteiger partial charge in [0.25, 0.3) is 11.8 Å². The lowest BCUT2D eigenvalue weighted by atomic mass is 9.99. The zero-order valence-electron chi connectivity index (χ0n) is 15.3. The molecule has 0 aromatic heterocycles. The summed E-state index contributed by atoms with van der Waals surface area (Å²) in [6.07, 6.45) is 2.59. The maximum Gasteiger partial charge on any atom is 0.262 e. The fourth-order valence-electron chi connectivity index (χ4n) is 3.39. The van der Waals surface area contributed by atoms with E-state index in [4.69, 9.17) is 9.47 Å². The van der Waals surface area contributed by atoms with Crippen LogP contribution < -0.4 is 9.47 Å². The molecule has 1 unspecified atom stereocenters. The summed E-state index contributed by atoms with van der Waals surface area (Å²) in [5.41, 5.74) is 1.81. The average Bonchev–Trinajstić information content (AvgIpc) is 2.93. The van der Waals surface area contributed by atoms with Gasteiger partial charge in [-0.05, 0) is 36.2 Å². The quantitative estimate of drug-likeness (QED) is 0.699. The van der Waals surface area contributed by atoms with E-state index in [-0.39, 0.29) is 17.9 Å². The number of hydrogen-bond donors (Lipinski definition) is 0. The number of fused-ring (bicyclic) bond motifs is 1. The maximum absolute atomic E-state index is 12.9. The number of unbranched alkanes of at least 4 members (excludes halogenated alkanes) is 1. The van der Waals surface area contributed by atoms with Crippen molar-refractivity contribution in [1.82, 2.24) is 4.90 Å². The van der Waals surface area contributed by atoms with Crippen molar-refractivity contribution in [3.8, 4) is 11.5 Å². The predicted molar refractivity (Wildman–Crippen MR) is 98.8 cm³/mol. The molecule has 0 fully saturated rings. The minimum atomic E-state index is -0.331. The van der Waals surface area contributed by atoms with Crippen molar-refractivity contribution in [2.75, 3.05) is 14.2 Å². The van der Waals surface area contributed by atoms with Crippen molar-refractivity contribution in [2.45, 2.75) is 32.2 Å². The Balaban J connectivity index is 2.02. The normalized spacial score (nSPS) is 14.3. The molecule has 0 bridgehead atoms. The molecule has 136 valence electrons. The molecular weight excluding hydrogens is 330 g/mol. The van der Waals surface area contributed by atoms with Crippen molar-refractivity contribution in [3.63, 3.8) is 0 Å². The summed E-state index contributed by atoms with van der Waals surface area (Å²) in [5, 5.41) is 0. The molecule has 26 heavy (non-hydrogen) atoms. The highest BCUT2D eigenvalue weighted by Crippen LogP contribution is 2.37. The number of ether oxygens (including phenoxy) is 2. The maximum atomic E-state index is 12.9. The zero-order chi connectivity index (χ0) is 18.7. The zero-order valence-corrected chi connectivity index (χ0v) is 15.3. The lowest BCUT2D eigenvalue weighted by Crippen LogP contribution is -2.34. The van der Waals surface area contributed by atoms with E-state index in [0.717, 1.165) is 18.4 Å². The number of imide groups is 1. The van der Waals surface area contributed by atoms with Crippen molar-refractivity contribution in [2.24, 2.45) is 0 Å². The fraction of sp³-hybridized carbons (Fsp3) is 0.333. The van der Waals surface area contributed by atoms with Crippen molar-refractivity contribution < 1.29 is 19.1 Å². The van der Waals surface area contributed by atoms with Crippen LogP contribution >= 0.6 is 0 Å². The van der Waals surface area contributed by atoms with Crippen LogP contribution in [0, 0.1) is 0 Å². The van der Waals surface area contributed by atoms with Gasteiger partial charge in [0.05, 0.1) is 31.4 Å². The Morgan fingerprint density at radius 2 is 1.54 bits per heavy atom. The van der Waals surface area contributed by atoms with Crippen LogP contribution in [0.4, 0.5) is 0 Å². The largest absolute Gasteiger partial charge is 0.493 e. The minimum absolute atomic E-state index is 0.235. The molecule has 1 heterocycles. The number of methoxy groups -OCH3 is 2. The highest BCUT2D eigenvalue weighted by atomic mass is 16.5. The molecule has 2 aromatic rings. The van der Waals surface area contributed by atoms with E-state index in [2.05, 4.69) is 6.92 Å². The Bertz CT molecular complexity index is 796. The second kappa shape index (κ2) is 7.60. The number of carbonyl (C=O) groups is 2. The second-order valence-electron chi connectivity index (χ2n) is 6.30. The summed E-state index contributed by atoms with van der Waals surface area (Å²) in [7, 11) is 3.15. The van der Waals surface area contributed by atoms with E-state index in [1.807, 2.05) is 18.2 Å².